The molecule has 7 nitrogen and oxygen atoms in total. The third kappa shape index (κ3) is 5.14. The third-order valence-electron chi connectivity index (χ3n) is 3.89. The van der Waals surface area contributed by atoms with E-state index < -0.39 is 27.7 Å². The van der Waals surface area contributed by atoms with E-state index in [1.165, 1.54) is 16.4 Å². The van der Waals surface area contributed by atoms with Crippen LogP contribution in [0.15, 0.2) is 18.2 Å². The molecule has 0 spiro atoms. The van der Waals surface area contributed by atoms with Crippen LogP contribution in [0.2, 0.25) is 0 Å². The second-order valence-electron chi connectivity index (χ2n) is 5.74. The molecule has 9 heteroatoms. The first-order valence-electron chi connectivity index (χ1n) is 7.95. The number of amides is 1. The van der Waals surface area contributed by atoms with Crippen LogP contribution in [-0.4, -0.2) is 44.6 Å². The highest BCUT2D eigenvalue weighted by molar-refractivity contribution is 7.88. The number of halogens is 1. The van der Waals surface area contributed by atoms with E-state index in [0.29, 0.717) is 19.4 Å². The van der Waals surface area contributed by atoms with Crippen LogP contribution in [0.1, 0.15) is 30.9 Å². The summed E-state index contributed by atoms with van der Waals surface area (Å²) in [6, 6.07) is 5.18. The van der Waals surface area contributed by atoms with E-state index in [0.717, 1.165) is 6.07 Å². The molecule has 1 aromatic carbocycles. The largest absolute Gasteiger partial charge is 0.450 e. The first-order chi connectivity index (χ1) is 11.9. The molecule has 0 aliphatic carbocycles. The van der Waals surface area contributed by atoms with Crippen LogP contribution in [0.25, 0.3) is 0 Å². The number of hydrogen-bond acceptors (Lipinski definition) is 5. The topological polar surface area (TPSA) is 99.5 Å². The Balaban J connectivity index is 2.06. The Morgan fingerprint density at radius 2 is 2.28 bits per heavy atom. The van der Waals surface area contributed by atoms with Crippen molar-refractivity contribution < 1.29 is 22.3 Å². The number of sulfonamides is 1. The van der Waals surface area contributed by atoms with E-state index in [4.69, 9.17) is 10.00 Å². The van der Waals surface area contributed by atoms with Gasteiger partial charge in [-0.05, 0) is 31.9 Å². The monoisotopic (exact) mass is 369 g/mol. The summed E-state index contributed by atoms with van der Waals surface area (Å²) in [6.07, 6.45) is 0.659. The van der Waals surface area contributed by atoms with Gasteiger partial charge in [-0.3, -0.25) is 0 Å². The molecule has 1 aliphatic rings. The molecular formula is C16H20FN3O4S. The Morgan fingerprint density at radius 1 is 1.52 bits per heavy atom. The van der Waals surface area contributed by atoms with Crippen molar-refractivity contribution >= 4 is 16.1 Å². The number of ether oxygens (including phenoxy) is 1. The average molecular weight is 369 g/mol. The van der Waals surface area contributed by atoms with E-state index >= 15 is 0 Å². The van der Waals surface area contributed by atoms with E-state index in [-0.39, 0.29) is 30.3 Å². The van der Waals surface area contributed by atoms with Crippen molar-refractivity contribution in [3.63, 3.8) is 0 Å². The van der Waals surface area contributed by atoms with Gasteiger partial charge in [-0.25, -0.2) is 17.6 Å². The van der Waals surface area contributed by atoms with Crippen molar-refractivity contribution in [3.05, 3.63) is 35.1 Å². The SMILES string of the molecule is CCOC(=O)N[C@H]1CCCN(S(=O)(=O)Cc2ccc(C#N)cc2F)C1. The van der Waals surface area contributed by atoms with E-state index in [2.05, 4.69) is 5.32 Å². The number of benzene rings is 1. The standard InChI is InChI=1S/C16H20FN3O4S/c1-2-24-16(21)19-14-4-3-7-20(10-14)25(22,23)11-13-6-5-12(9-18)8-15(13)17/h5-6,8,14H,2-4,7,10-11H2,1H3,(H,19,21)/t14-/m0/s1. The molecule has 0 unspecified atom stereocenters. The molecule has 1 heterocycles. The first-order valence-corrected chi connectivity index (χ1v) is 9.56. The van der Waals surface area contributed by atoms with Crippen molar-refractivity contribution in [1.29, 1.82) is 5.26 Å². The predicted octanol–water partition coefficient (Wildman–Crippen LogP) is 1.74. The molecule has 1 amide bonds. The van der Waals surface area contributed by atoms with Crippen molar-refractivity contribution in [2.75, 3.05) is 19.7 Å². The van der Waals surface area contributed by atoms with Gasteiger partial charge in [-0.15, -0.1) is 0 Å². The van der Waals surface area contributed by atoms with Gasteiger partial charge in [0.05, 0.1) is 24.0 Å². The van der Waals surface area contributed by atoms with Crippen LogP contribution in [-0.2, 0) is 20.5 Å². The van der Waals surface area contributed by atoms with Gasteiger partial charge in [-0.1, -0.05) is 6.07 Å². The minimum absolute atomic E-state index is 0.0134. The molecule has 1 aliphatic heterocycles. The molecule has 0 saturated carbocycles. The summed E-state index contributed by atoms with van der Waals surface area (Å²) in [6.45, 7) is 2.36. The molecule has 1 aromatic rings. The number of rotatable bonds is 5. The zero-order valence-electron chi connectivity index (χ0n) is 13.9. The molecule has 1 atom stereocenters. The number of hydrogen-bond donors (Lipinski definition) is 1. The van der Waals surface area contributed by atoms with E-state index in [9.17, 15) is 17.6 Å². The smallest absolute Gasteiger partial charge is 0.407 e. The second kappa shape index (κ2) is 8.27. The maximum Gasteiger partial charge on any atom is 0.407 e. The number of piperidine rings is 1. The normalized spacial score (nSPS) is 18.4. The summed E-state index contributed by atoms with van der Waals surface area (Å²) < 4.78 is 45.2. The van der Waals surface area contributed by atoms with Crippen molar-refractivity contribution in [2.24, 2.45) is 0 Å². The molecule has 1 saturated heterocycles. The van der Waals surface area contributed by atoms with Crippen LogP contribution < -0.4 is 5.32 Å². The molecule has 0 aromatic heterocycles. The van der Waals surface area contributed by atoms with E-state index in [1.807, 2.05) is 0 Å². The zero-order valence-corrected chi connectivity index (χ0v) is 14.7. The van der Waals surface area contributed by atoms with Gasteiger partial charge in [0.1, 0.15) is 5.82 Å². The Kier molecular flexibility index (Phi) is 6.33. The highest BCUT2D eigenvalue weighted by atomic mass is 32.2. The van der Waals surface area contributed by atoms with Gasteiger partial charge >= 0.3 is 6.09 Å². The molecule has 136 valence electrons. The Morgan fingerprint density at radius 3 is 2.92 bits per heavy atom. The number of alkyl carbamates (subject to hydrolysis) is 1. The molecule has 0 radical (unpaired) electrons. The molecule has 1 fully saturated rings. The van der Waals surface area contributed by atoms with E-state index in [1.54, 1.807) is 13.0 Å². The van der Waals surface area contributed by atoms with Crippen LogP contribution in [0.3, 0.4) is 0 Å². The summed E-state index contributed by atoms with van der Waals surface area (Å²) in [5.74, 6) is -1.21. The lowest BCUT2D eigenvalue weighted by molar-refractivity contribution is 0.142. The lowest BCUT2D eigenvalue weighted by atomic mass is 10.1. The van der Waals surface area contributed by atoms with Crippen molar-refractivity contribution in [3.8, 4) is 6.07 Å². The quantitative estimate of drug-likeness (QED) is 0.852. The number of nitrogens with one attached hydrogen (secondary N) is 1. The zero-order chi connectivity index (χ0) is 18.4. The lowest BCUT2D eigenvalue weighted by Crippen LogP contribution is -2.49. The van der Waals surface area contributed by atoms with Crippen LogP contribution in [0, 0.1) is 17.1 Å². The highest BCUT2D eigenvalue weighted by Crippen LogP contribution is 2.20. The van der Waals surface area contributed by atoms with Crippen LogP contribution >= 0.6 is 0 Å². The summed E-state index contributed by atoms with van der Waals surface area (Å²) >= 11 is 0. The third-order valence-corrected chi connectivity index (χ3v) is 5.69. The molecule has 25 heavy (non-hydrogen) atoms. The number of carbonyl (C=O) groups is 1. The van der Waals surface area contributed by atoms with Crippen molar-refractivity contribution in [2.45, 2.75) is 31.6 Å². The first kappa shape index (κ1) is 19.1. The maximum atomic E-state index is 14.0. The van der Waals surface area contributed by atoms with Crippen LogP contribution in [0.4, 0.5) is 9.18 Å². The second-order valence-corrected chi connectivity index (χ2v) is 7.71. The molecule has 0 bridgehead atoms. The Bertz CT molecular complexity index is 776. The number of nitrogens with zero attached hydrogens (tertiary/aromatic N) is 2. The van der Waals surface area contributed by atoms with Gasteiger partial charge in [-0.2, -0.15) is 9.57 Å². The molecule has 1 N–H and O–H groups in total. The fraction of sp³-hybridized carbons (Fsp3) is 0.500. The highest BCUT2D eigenvalue weighted by Gasteiger charge is 2.30. The summed E-state index contributed by atoms with van der Waals surface area (Å²) in [5.41, 5.74) is 0.148. The number of carbonyl (C=O) groups excluding carboxylic acids is 1. The van der Waals surface area contributed by atoms with Gasteiger partial charge < -0.3 is 10.1 Å². The predicted molar refractivity (Wildman–Crippen MR) is 88.5 cm³/mol. The molecule has 2 rings (SSSR count). The minimum atomic E-state index is -3.74. The average Bonchev–Trinajstić information content (AvgIpc) is 2.57. The van der Waals surface area contributed by atoms with Gasteiger partial charge in [0.25, 0.3) is 0 Å². The lowest BCUT2D eigenvalue weighted by Gasteiger charge is -2.32. The van der Waals surface area contributed by atoms with Crippen molar-refractivity contribution in [1.82, 2.24) is 9.62 Å². The number of nitriles is 1. The fourth-order valence-corrected chi connectivity index (χ4v) is 4.30. The molecular weight excluding hydrogens is 349 g/mol. The summed E-state index contributed by atoms with van der Waals surface area (Å²) in [7, 11) is -3.74. The fourth-order valence-electron chi connectivity index (χ4n) is 2.67. The summed E-state index contributed by atoms with van der Waals surface area (Å²) in [4.78, 5) is 11.5. The maximum absolute atomic E-state index is 14.0. The van der Waals surface area contributed by atoms with Gasteiger partial charge in [0.2, 0.25) is 10.0 Å². The Hall–Kier alpha value is -2.18. The van der Waals surface area contributed by atoms with Crippen LogP contribution in [0.5, 0.6) is 0 Å². The van der Waals surface area contributed by atoms with Gasteiger partial charge in [0, 0.05) is 24.7 Å². The minimum Gasteiger partial charge on any atom is -0.450 e. The summed E-state index contributed by atoms with van der Waals surface area (Å²) in [5, 5.41) is 11.4. The Labute approximate surface area is 146 Å². The van der Waals surface area contributed by atoms with Gasteiger partial charge in [0.15, 0.2) is 0 Å².